The Balaban J connectivity index is 1.50. The zero-order chi connectivity index (χ0) is 21.3. The quantitative estimate of drug-likeness (QED) is 0.543. The maximum Gasteiger partial charge on any atom is 0.246 e. The normalized spacial score (nSPS) is 10.6. The average Bonchev–Trinajstić information content (AvgIpc) is 3.22. The van der Waals surface area contributed by atoms with Crippen LogP contribution in [0.15, 0.2) is 47.0 Å². The van der Waals surface area contributed by atoms with Gasteiger partial charge in [0, 0.05) is 12.0 Å². The summed E-state index contributed by atoms with van der Waals surface area (Å²) in [4.78, 5) is 16.6. The molecule has 30 heavy (non-hydrogen) atoms. The van der Waals surface area contributed by atoms with Crippen molar-refractivity contribution >= 4 is 5.91 Å². The van der Waals surface area contributed by atoms with Crippen molar-refractivity contribution in [3.63, 3.8) is 0 Å². The number of benzene rings is 2. The monoisotopic (exact) mass is 409 g/mol. The zero-order valence-electron chi connectivity index (χ0n) is 17.6. The highest BCUT2D eigenvalue weighted by Gasteiger charge is 2.11. The van der Waals surface area contributed by atoms with E-state index in [0.29, 0.717) is 49.3 Å². The minimum Gasteiger partial charge on any atom is -0.490 e. The van der Waals surface area contributed by atoms with E-state index >= 15 is 0 Å². The molecular formula is C23H27N3O4. The van der Waals surface area contributed by atoms with Gasteiger partial charge in [-0.05, 0) is 44.9 Å². The summed E-state index contributed by atoms with van der Waals surface area (Å²) in [7, 11) is 0. The van der Waals surface area contributed by atoms with Gasteiger partial charge >= 0.3 is 0 Å². The summed E-state index contributed by atoms with van der Waals surface area (Å²) in [6, 6.07) is 13.6. The van der Waals surface area contributed by atoms with Crippen LogP contribution in [0, 0.1) is 6.92 Å². The summed E-state index contributed by atoms with van der Waals surface area (Å²) in [6.45, 7) is 7.21. The Morgan fingerprint density at radius 3 is 2.50 bits per heavy atom. The average molecular weight is 409 g/mol. The topological polar surface area (TPSA) is 86.5 Å². The van der Waals surface area contributed by atoms with E-state index in [4.69, 9.17) is 14.0 Å². The number of aromatic nitrogens is 2. The molecular weight excluding hydrogens is 382 g/mol. The van der Waals surface area contributed by atoms with Crippen LogP contribution in [0.1, 0.15) is 37.3 Å². The molecule has 3 rings (SSSR count). The first-order valence-electron chi connectivity index (χ1n) is 10.1. The molecule has 0 radical (unpaired) electrons. The second-order valence-electron chi connectivity index (χ2n) is 6.80. The molecule has 1 aromatic heterocycles. The summed E-state index contributed by atoms with van der Waals surface area (Å²) in [5, 5.41) is 6.80. The third-order valence-electron chi connectivity index (χ3n) is 4.46. The fourth-order valence-corrected chi connectivity index (χ4v) is 2.92. The molecule has 2 aromatic carbocycles. The first-order chi connectivity index (χ1) is 14.6. The van der Waals surface area contributed by atoms with E-state index in [1.54, 1.807) is 0 Å². The number of rotatable bonds is 10. The molecule has 0 spiro atoms. The van der Waals surface area contributed by atoms with Crippen molar-refractivity contribution in [2.45, 2.75) is 40.2 Å². The van der Waals surface area contributed by atoms with Crippen molar-refractivity contribution in [1.29, 1.82) is 0 Å². The lowest BCUT2D eigenvalue weighted by molar-refractivity contribution is -0.121. The van der Waals surface area contributed by atoms with Gasteiger partial charge in [0.15, 0.2) is 11.5 Å². The molecule has 0 saturated heterocycles. The lowest BCUT2D eigenvalue weighted by atomic mass is 10.1. The Morgan fingerprint density at radius 2 is 1.77 bits per heavy atom. The molecule has 1 heterocycles. The summed E-state index contributed by atoms with van der Waals surface area (Å²) >= 11 is 0. The van der Waals surface area contributed by atoms with Crippen molar-refractivity contribution in [2.24, 2.45) is 0 Å². The molecule has 0 aliphatic carbocycles. The molecule has 0 unspecified atom stereocenters. The van der Waals surface area contributed by atoms with Crippen LogP contribution in [0.2, 0.25) is 0 Å². The van der Waals surface area contributed by atoms with Gasteiger partial charge in [-0.2, -0.15) is 4.98 Å². The molecule has 0 atom stereocenters. The van der Waals surface area contributed by atoms with E-state index in [9.17, 15) is 4.79 Å². The SMILES string of the molecule is CCOc1ccc(CCC(=O)NCc2nc(-c3ccc(C)cc3)no2)cc1OCC. The lowest BCUT2D eigenvalue weighted by Crippen LogP contribution is -2.23. The van der Waals surface area contributed by atoms with Crippen LogP contribution in [0.5, 0.6) is 11.5 Å². The Bertz CT molecular complexity index is 967. The van der Waals surface area contributed by atoms with Crippen LogP contribution in [0.25, 0.3) is 11.4 Å². The maximum absolute atomic E-state index is 12.2. The molecule has 7 nitrogen and oxygen atoms in total. The molecule has 3 aromatic rings. The van der Waals surface area contributed by atoms with Crippen molar-refractivity contribution < 1.29 is 18.8 Å². The number of hydrogen-bond acceptors (Lipinski definition) is 6. The van der Waals surface area contributed by atoms with Gasteiger partial charge in [-0.1, -0.05) is 41.1 Å². The number of carbonyl (C=O) groups excluding carboxylic acids is 1. The van der Waals surface area contributed by atoms with E-state index < -0.39 is 0 Å². The van der Waals surface area contributed by atoms with Gasteiger partial charge in [0.1, 0.15) is 0 Å². The second kappa shape index (κ2) is 10.4. The number of carbonyl (C=O) groups is 1. The molecule has 158 valence electrons. The van der Waals surface area contributed by atoms with E-state index in [2.05, 4.69) is 15.5 Å². The molecule has 0 bridgehead atoms. The third-order valence-corrected chi connectivity index (χ3v) is 4.46. The Hall–Kier alpha value is -3.35. The van der Waals surface area contributed by atoms with Gasteiger partial charge in [-0.3, -0.25) is 4.79 Å². The van der Waals surface area contributed by atoms with Gasteiger partial charge in [0.2, 0.25) is 17.6 Å². The Kier molecular flexibility index (Phi) is 7.43. The fourth-order valence-electron chi connectivity index (χ4n) is 2.92. The summed E-state index contributed by atoms with van der Waals surface area (Å²) in [5.41, 5.74) is 3.05. The molecule has 0 aliphatic rings. The van der Waals surface area contributed by atoms with Crippen molar-refractivity contribution in [3.8, 4) is 22.9 Å². The van der Waals surface area contributed by atoms with E-state index in [-0.39, 0.29) is 12.5 Å². The molecule has 1 N–H and O–H groups in total. The first-order valence-corrected chi connectivity index (χ1v) is 10.1. The van der Waals surface area contributed by atoms with Gasteiger partial charge < -0.3 is 19.3 Å². The van der Waals surface area contributed by atoms with E-state index in [1.165, 1.54) is 0 Å². The fraction of sp³-hybridized carbons (Fsp3) is 0.348. The second-order valence-corrected chi connectivity index (χ2v) is 6.80. The van der Waals surface area contributed by atoms with Crippen LogP contribution in [0.3, 0.4) is 0 Å². The number of nitrogens with one attached hydrogen (secondary N) is 1. The van der Waals surface area contributed by atoms with Gasteiger partial charge in [0.25, 0.3) is 0 Å². The summed E-state index contributed by atoms with van der Waals surface area (Å²) < 4.78 is 16.4. The maximum atomic E-state index is 12.2. The Morgan fingerprint density at radius 1 is 1.03 bits per heavy atom. The van der Waals surface area contributed by atoms with Crippen LogP contribution < -0.4 is 14.8 Å². The largest absolute Gasteiger partial charge is 0.490 e. The third kappa shape index (κ3) is 5.83. The summed E-state index contributed by atoms with van der Waals surface area (Å²) in [5.74, 6) is 2.22. The zero-order valence-corrected chi connectivity index (χ0v) is 17.6. The smallest absolute Gasteiger partial charge is 0.246 e. The standard InChI is InChI=1S/C23H27N3O4/c1-4-28-19-12-8-17(14-20(19)29-5-2)9-13-21(27)24-15-22-25-23(26-30-22)18-10-6-16(3)7-11-18/h6-8,10-12,14H,4-5,9,13,15H2,1-3H3,(H,24,27). The van der Waals surface area contributed by atoms with E-state index in [0.717, 1.165) is 16.7 Å². The number of ether oxygens (including phenoxy) is 2. The van der Waals surface area contributed by atoms with Crippen LogP contribution in [0.4, 0.5) is 0 Å². The summed E-state index contributed by atoms with van der Waals surface area (Å²) in [6.07, 6.45) is 0.940. The lowest BCUT2D eigenvalue weighted by Gasteiger charge is -2.12. The highest BCUT2D eigenvalue weighted by atomic mass is 16.5. The van der Waals surface area contributed by atoms with Crippen molar-refractivity contribution in [3.05, 3.63) is 59.5 Å². The highest BCUT2D eigenvalue weighted by Crippen LogP contribution is 2.29. The highest BCUT2D eigenvalue weighted by molar-refractivity contribution is 5.76. The minimum atomic E-state index is -0.0862. The number of nitrogens with zero attached hydrogens (tertiary/aromatic N) is 2. The first kappa shape index (κ1) is 21.4. The predicted molar refractivity (Wildman–Crippen MR) is 113 cm³/mol. The van der Waals surface area contributed by atoms with Crippen LogP contribution in [-0.2, 0) is 17.8 Å². The van der Waals surface area contributed by atoms with Crippen LogP contribution in [-0.4, -0.2) is 29.3 Å². The molecule has 7 heteroatoms. The number of amides is 1. The van der Waals surface area contributed by atoms with Crippen molar-refractivity contribution in [2.75, 3.05) is 13.2 Å². The molecule has 0 saturated carbocycles. The molecule has 1 amide bonds. The predicted octanol–water partition coefficient (Wildman–Crippen LogP) is 4.09. The Labute approximate surface area is 176 Å². The van der Waals surface area contributed by atoms with Gasteiger partial charge in [0.05, 0.1) is 19.8 Å². The van der Waals surface area contributed by atoms with E-state index in [1.807, 2.05) is 63.2 Å². The molecule has 0 aliphatic heterocycles. The number of hydrogen-bond donors (Lipinski definition) is 1. The van der Waals surface area contributed by atoms with Crippen LogP contribution >= 0.6 is 0 Å². The van der Waals surface area contributed by atoms with Gasteiger partial charge in [-0.15, -0.1) is 0 Å². The van der Waals surface area contributed by atoms with Crippen molar-refractivity contribution in [1.82, 2.24) is 15.5 Å². The van der Waals surface area contributed by atoms with Gasteiger partial charge in [-0.25, -0.2) is 0 Å². The molecule has 0 fully saturated rings. The number of aryl methyl sites for hydroxylation is 2. The minimum absolute atomic E-state index is 0.0862.